The lowest BCUT2D eigenvalue weighted by molar-refractivity contribution is -0.0124. The summed E-state index contributed by atoms with van der Waals surface area (Å²) < 4.78 is 29.3. The fourth-order valence-corrected chi connectivity index (χ4v) is 7.67. The highest BCUT2D eigenvalue weighted by Gasteiger charge is 2.49. The second kappa shape index (κ2) is 9.99. The number of amides is 2. The zero-order chi connectivity index (χ0) is 25.6. The minimum Gasteiger partial charge on any atom is -0.474 e. The highest BCUT2D eigenvalue weighted by Crippen LogP contribution is 2.53. The Kier molecular flexibility index (Phi) is 7.09. The van der Waals surface area contributed by atoms with Crippen LogP contribution in [0.4, 0.5) is 4.79 Å². The van der Waals surface area contributed by atoms with E-state index in [2.05, 4.69) is 10.5 Å². The van der Waals surface area contributed by atoms with Crippen LogP contribution in [0.5, 0.6) is 5.88 Å². The lowest BCUT2D eigenvalue weighted by atomic mass is 9.54. The zero-order valence-electron chi connectivity index (χ0n) is 21.8. The van der Waals surface area contributed by atoms with E-state index in [1.165, 1.54) is 38.4 Å². The fraction of sp³-hybridized carbons (Fsp3) is 0.808. The first-order valence-electron chi connectivity index (χ1n) is 13.3. The minimum absolute atomic E-state index is 0.000570. The molecule has 4 bridgehead atoms. The SMILES string of the molecule is CS(=O)c1c(OCC2CCN(C(=O)OC(C)(C)C)CC2)noc1C(=O)NC1C2CC3CC(C2)CC1C3. The summed E-state index contributed by atoms with van der Waals surface area (Å²) in [5.74, 6) is 2.70. The summed E-state index contributed by atoms with van der Waals surface area (Å²) >= 11 is 0. The Morgan fingerprint density at radius 1 is 1.08 bits per heavy atom. The maximum absolute atomic E-state index is 13.2. The fourth-order valence-electron chi connectivity index (χ4n) is 6.94. The van der Waals surface area contributed by atoms with Crippen molar-refractivity contribution >= 4 is 22.8 Å². The number of aromatic nitrogens is 1. The third-order valence-electron chi connectivity index (χ3n) is 8.36. The quantitative estimate of drug-likeness (QED) is 0.602. The molecule has 1 aliphatic heterocycles. The van der Waals surface area contributed by atoms with Gasteiger partial charge in [0, 0.05) is 25.4 Å². The number of rotatable bonds is 6. The normalized spacial score (nSPS) is 30.8. The van der Waals surface area contributed by atoms with Gasteiger partial charge >= 0.3 is 6.09 Å². The molecule has 4 saturated carbocycles. The summed E-state index contributed by atoms with van der Waals surface area (Å²) in [7, 11) is -1.49. The number of nitrogens with zero attached hydrogens (tertiary/aromatic N) is 2. The van der Waals surface area contributed by atoms with Gasteiger partial charge in [-0.25, -0.2) is 4.79 Å². The van der Waals surface area contributed by atoms with Crippen molar-refractivity contribution in [1.82, 2.24) is 15.4 Å². The van der Waals surface area contributed by atoms with Gasteiger partial charge < -0.3 is 24.2 Å². The van der Waals surface area contributed by atoms with E-state index < -0.39 is 16.4 Å². The molecule has 1 N–H and O–H groups in total. The van der Waals surface area contributed by atoms with E-state index in [1.54, 1.807) is 4.90 Å². The number of ether oxygens (including phenoxy) is 2. The van der Waals surface area contributed by atoms with Crippen molar-refractivity contribution in [2.75, 3.05) is 26.0 Å². The first kappa shape index (κ1) is 25.5. The molecule has 10 heteroatoms. The molecule has 36 heavy (non-hydrogen) atoms. The molecule has 1 unspecified atom stereocenters. The van der Waals surface area contributed by atoms with Gasteiger partial charge in [0.25, 0.3) is 11.8 Å². The van der Waals surface area contributed by atoms with Gasteiger partial charge in [0.2, 0.25) is 5.76 Å². The average molecular weight is 522 g/mol. The van der Waals surface area contributed by atoms with Crippen molar-refractivity contribution in [1.29, 1.82) is 0 Å². The second-order valence-electron chi connectivity index (χ2n) is 12.3. The third kappa shape index (κ3) is 5.43. The van der Waals surface area contributed by atoms with Crippen LogP contribution in [0.25, 0.3) is 0 Å². The van der Waals surface area contributed by atoms with Gasteiger partial charge in [0.05, 0.1) is 17.4 Å². The molecule has 2 amide bonds. The standard InChI is InChI=1S/C26H39N3O6S/c1-26(2,3)34-25(31)29-7-5-15(6-8-29)14-33-24-22(36(4)32)21(35-28-24)23(30)27-20-18-10-16-9-17(12-18)13-19(20)11-16/h15-20H,5-14H2,1-4H3,(H,27,30). The van der Waals surface area contributed by atoms with Gasteiger partial charge in [-0.3, -0.25) is 9.00 Å². The summed E-state index contributed by atoms with van der Waals surface area (Å²) in [6.07, 6.45) is 8.89. The van der Waals surface area contributed by atoms with E-state index in [9.17, 15) is 13.8 Å². The Labute approximate surface area is 215 Å². The molecule has 5 fully saturated rings. The molecule has 200 valence electrons. The number of likely N-dealkylation sites (tertiary alicyclic amines) is 1. The molecule has 4 aliphatic carbocycles. The van der Waals surface area contributed by atoms with E-state index >= 15 is 0 Å². The van der Waals surface area contributed by atoms with E-state index in [1.807, 2.05) is 20.8 Å². The Hall–Kier alpha value is -2.10. The molecular formula is C26H39N3O6S. The van der Waals surface area contributed by atoms with Crippen LogP contribution < -0.4 is 10.1 Å². The molecule has 5 aliphatic rings. The number of hydrogen-bond acceptors (Lipinski definition) is 7. The molecule has 2 heterocycles. The number of nitrogens with one attached hydrogen (secondary N) is 1. The van der Waals surface area contributed by atoms with Crippen LogP contribution in [0.15, 0.2) is 9.42 Å². The predicted octanol–water partition coefficient (Wildman–Crippen LogP) is 3.99. The largest absolute Gasteiger partial charge is 0.474 e. The summed E-state index contributed by atoms with van der Waals surface area (Å²) in [6.45, 7) is 7.11. The maximum atomic E-state index is 13.2. The minimum atomic E-state index is -1.49. The molecule has 1 aromatic heterocycles. The lowest BCUT2D eigenvalue weighted by Gasteiger charge is -2.54. The van der Waals surface area contributed by atoms with Crippen LogP contribution in [0.2, 0.25) is 0 Å². The van der Waals surface area contributed by atoms with Gasteiger partial charge in [-0.2, -0.15) is 0 Å². The third-order valence-corrected chi connectivity index (χ3v) is 9.30. The van der Waals surface area contributed by atoms with Crippen LogP contribution in [-0.2, 0) is 15.5 Å². The van der Waals surface area contributed by atoms with E-state index in [4.69, 9.17) is 14.0 Å². The van der Waals surface area contributed by atoms with E-state index in [-0.39, 0.29) is 40.5 Å². The molecule has 0 radical (unpaired) electrons. The summed E-state index contributed by atoms with van der Waals surface area (Å²) in [4.78, 5) is 27.4. The molecule has 1 aromatic rings. The van der Waals surface area contributed by atoms with Gasteiger partial charge in [-0.15, -0.1) is 0 Å². The summed E-state index contributed by atoms with van der Waals surface area (Å²) in [5.41, 5.74) is -0.518. The molecule has 0 spiro atoms. The smallest absolute Gasteiger partial charge is 0.410 e. The van der Waals surface area contributed by atoms with Crippen molar-refractivity contribution in [2.24, 2.45) is 29.6 Å². The van der Waals surface area contributed by atoms with Crippen molar-refractivity contribution in [2.45, 2.75) is 82.3 Å². The first-order valence-corrected chi connectivity index (χ1v) is 14.9. The Balaban J connectivity index is 1.17. The molecule has 1 atom stereocenters. The van der Waals surface area contributed by atoms with Gasteiger partial charge in [-0.1, -0.05) is 0 Å². The van der Waals surface area contributed by atoms with E-state index in [0.717, 1.165) is 24.7 Å². The number of hydrogen-bond donors (Lipinski definition) is 1. The van der Waals surface area contributed by atoms with Gasteiger partial charge in [0.1, 0.15) is 5.60 Å². The van der Waals surface area contributed by atoms with Gasteiger partial charge in [0.15, 0.2) is 4.90 Å². The highest BCUT2D eigenvalue weighted by molar-refractivity contribution is 7.84. The molecular weight excluding hydrogens is 482 g/mol. The molecule has 9 nitrogen and oxygen atoms in total. The van der Waals surface area contributed by atoms with Crippen molar-refractivity contribution < 1.29 is 27.8 Å². The van der Waals surface area contributed by atoms with Crippen LogP contribution >= 0.6 is 0 Å². The zero-order valence-corrected chi connectivity index (χ0v) is 22.6. The predicted molar refractivity (Wildman–Crippen MR) is 133 cm³/mol. The van der Waals surface area contributed by atoms with Crippen molar-refractivity contribution in [3.63, 3.8) is 0 Å². The number of carbonyl (C=O) groups is 2. The summed E-state index contributed by atoms with van der Waals surface area (Å²) in [6, 6.07) is 0.160. The van der Waals surface area contributed by atoms with Crippen molar-refractivity contribution in [3.8, 4) is 5.88 Å². The van der Waals surface area contributed by atoms with Crippen molar-refractivity contribution in [3.05, 3.63) is 5.76 Å². The Morgan fingerprint density at radius 2 is 1.69 bits per heavy atom. The van der Waals surface area contributed by atoms with E-state index in [0.29, 0.717) is 31.5 Å². The average Bonchev–Trinajstić information content (AvgIpc) is 3.23. The van der Waals surface area contributed by atoms with Crippen LogP contribution in [0.3, 0.4) is 0 Å². The topological polar surface area (TPSA) is 111 Å². The summed E-state index contributed by atoms with van der Waals surface area (Å²) in [5, 5.41) is 7.19. The molecule has 6 rings (SSSR count). The number of carbonyl (C=O) groups excluding carboxylic acids is 2. The number of piperidine rings is 1. The first-order chi connectivity index (χ1) is 17.1. The Bertz CT molecular complexity index is 982. The maximum Gasteiger partial charge on any atom is 0.410 e. The second-order valence-corrected chi connectivity index (χ2v) is 13.6. The Morgan fingerprint density at radius 3 is 2.25 bits per heavy atom. The lowest BCUT2D eigenvalue weighted by Crippen LogP contribution is -2.55. The van der Waals surface area contributed by atoms with Crippen LogP contribution in [0.1, 0.15) is 76.3 Å². The molecule has 1 saturated heterocycles. The highest BCUT2D eigenvalue weighted by atomic mass is 32.2. The molecule has 0 aromatic carbocycles. The van der Waals surface area contributed by atoms with Crippen LogP contribution in [0, 0.1) is 29.6 Å². The monoisotopic (exact) mass is 521 g/mol. The van der Waals surface area contributed by atoms with Gasteiger partial charge in [-0.05, 0) is 100 Å². The van der Waals surface area contributed by atoms with Crippen LogP contribution in [-0.4, -0.2) is 63.9 Å².